The summed E-state index contributed by atoms with van der Waals surface area (Å²) in [6.45, 7) is 2.20. The van der Waals surface area contributed by atoms with Gasteiger partial charge in [-0.3, -0.25) is 0 Å². The van der Waals surface area contributed by atoms with E-state index >= 15 is 0 Å². The van der Waals surface area contributed by atoms with Crippen molar-refractivity contribution in [1.29, 1.82) is 0 Å². The van der Waals surface area contributed by atoms with Crippen LogP contribution in [0.2, 0.25) is 0 Å². The van der Waals surface area contributed by atoms with E-state index in [4.69, 9.17) is 0 Å². The third-order valence-corrected chi connectivity index (χ3v) is 4.11. The fourth-order valence-electron chi connectivity index (χ4n) is 2.91. The number of aryl methyl sites for hydroxylation is 1. The van der Waals surface area contributed by atoms with Gasteiger partial charge in [-0.25, -0.2) is 0 Å². The third-order valence-electron chi connectivity index (χ3n) is 4.11. The summed E-state index contributed by atoms with van der Waals surface area (Å²) in [5, 5.41) is 3.77. The average Bonchev–Trinajstić information content (AvgIpc) is 2.40. The number of nitrogens with one attached hydrogen (secondary N) is 1. The van der Waals surface area contributed by atoms with Gasteiger partial charge in [0.1, 0.15) is 0 Å². The van der Waals surface area contributed by atoms with Gasteiger partial charge in [-0.05, 0) is 31.4 Å². The maximum atomic E-state index is 3.77. The van der Waals surface area contributed by atoms with Crippen LogP contribution in [0.1, 0.15) is 63.4 Å². The number of hydrogen-bond acceptors (Lipinski definition) is 1. The lowest BCUT2D eigenvalue weighted by Gasteiger charge is -2.22. The Hall–Kier alpha value is -0.980. The van der Waals surface area contributed by atoms with Crippen LogP contribution in [0.15, 0.2) is 24.3 Å². The molecule has 1 fully saturated rings. The van der Waals surface area contributed by atoms with E-state index in [9.17, 15) is 0 Å². The van der Waals surface area contributed by atoms with Crippen molar-refractivity contribution >= 4 is 5.69 Å². The van der Waals surface area contributed by atoms with Crippen molar-refractivity contribution in [3.05, 3.63) is 29.8 Å². The molecule has 0 aliphatic heterocycles. The summed E-state index contributed by atoms with van der Waals surface area (Å²) in [7, 11) is 0. The Balaban J connectivity index is 1.90. The number of hydrogen-bond donors (Lipinski definition) is 1. The van der Waals surface area contributed by atoms with Gasteiger partial charge in [0.05, 0.1) is 0 Å². The first-order valence-corrected chi connectivity index (χ1v) is 7.68. The number of anilines is 1. The first-order valence-electron chi connectivity index (χ1n) is 7.68. The smallest absolute Gasteiger partial charge is 0.0372 e. The van der Waals surface area contributed by atoms with Crippen LogP contribution in [0.5, 0.6) is 0 Å². The molecule has 0 bridgehead atoms. The lowest BCUT2D eigenvalue weighted by molar-refractivity contribution is 0.476. The minimum atomic E-state index is 0.684. The molecule has 0 atom stereocenters. The van der Waals surface area contributed by atoms with Gasteiger partial charge in [-0.1, -0.05) is 63.1 Å². The molecule has 1 aromatic rings. The Morgan fingerprint density at radius 1 is 0.833 bits per heavy atom. The second-order valence-corrected chi connectivity index (χ2v) is 5.71. The predicted molar refractivity (Wildman–Crippen MR) is 80.1 cm³/mol. The molecule has 1 nitrogen and oxygen atoms in total. The van der Waals surface area contributed by atoms with Gasteiger partial charge in [0.15, 0.2) is 0 Å². The third kappa shape index (κ3) is 4.36. The molecule has 0 amide bonds. The molecule has 0 unspecified atom stereocenters. The van der Waals surface area contributed by atoms with Crippen LogP contribution in [0.4, 0.5) is 5.69 Å². The molecule has 1 heteroatoms. The molecule has 1 aliphatic carbocycles. The number of benzene rings is 1. The highest BCUT2D eigenvalue weighted by Crippen LogP contribution is 2.21. The lowest BCUT2D eigenvalue weighted by Crippen LogP contribution is -2.20. The van der Waals surface area contributed by atoms with Gasteiger partial charge >= 0.3 is 0 Å². The highest BCUT2D eigenvalue weighted by atomic mass is 14.9. The molecule has 1 aromatic carbocycles. The van der Waals surface area contributed by atoms with Gasteiger partial charge in [0.2, 0.25) is 0 Å². The maximum Gasteiger partial charge on any atom is 0.0372 e. The van der Waals surface area contributed by atoms with E-state index < -0.39 is 0 Å². The summed E-state index contributed by atoms with van der Waals surface area (Å²) in [6, 6.07) is 9.35. The minimum Gasteiger partial charge on any atom is -0.382 e. The van der Waals surface area contributed by atoms with E-state index in [-0.39, 0.29) is 0 Å². The van der Waals surface area contributed by atoms with E-state index in [0.717, 1.165) is 0 Å². The molecule has 0 spiro atoms. The zero-order valence-corrected chi connectivity index (χ0v) is 11.8. The molecule has 1 aliphatic rings. The summed E-state index contributed by atoms with van der Waals surface area (Å²) in [6.07, 6.45) is 12.7. The Kier molecular flexibility index (Phi) is 5.57. The quantitative estimate of drug-likeness (QED) is 0.745. The normalized spacial score (nSPS) is 19.4. The molecule has 2 rings (SSSR count). The molecule has 1 N–H and O–H groups in total. The average molecular weight is 245 g/mol. The van der Waals surface area contributed by atoms with Crippen LogP contribution in [0.25, 0.3) is 0 Å². The van der Waals surface area contributed by atoms with Crippen molar-refractivity contribution in [1.82, 2.24) is 0 Å². The first kappa shape index (κ1) is 13.5. The van der Waals surface area contributed by atoms with E-state index in [1.807, 2.05) is 0 Å². The maximum absolute atomic E-state index is 3.77. The SMILES string of the molecule is Cc1ccccc1NC1CCCCCCCCC1. The van der Waals surface area contributed by atoms with Crippen molar-refractivity contribution in [3.8, 4) is 0 Å². The summed E-state index contributed by atoms with van der Waals surface area (Å²) in [5.41, 5.74) is 2.70. The van der Waals surface area contributed by atoms with E-state index in [1.54, 1.807) is 0 Å². The summed E-state index contributed by atoms with van der Waals surface area (Å²) < 4.78 is 0. The fraction of sp³-hybridized carbons (Fsp3) is 0.647. The highest BCUT2D eigenvalue weighted by Gasteiger charge is 2.10. The molecular formula is C17H27N. The van der Waals surface area contributed by atoms with E-state index in [2.05, 4.69) is 36.5 Å². The Bertz CT molecular complexity index is 335. The molecule has 100 valence electrons. The standard InChI is InChI=1S/C17H27N/c1-15-11-9-10-14-17(15)18-16-12-7-5-3-2-4-6-8-13-16/h9-11,14,16,18H,2-8,12-13H2,1H3. The number of para-hydroxylation sites is 1. The Morgan fingerprint density at radius 2 is 1.39 bits per heavy atom. The molecule has 0 saturated heterocycles. The summed E-state index contributed by atoms with van der Waals surface area (Å²) in [5.74, 6) is 0. The second kappa shape index (κ2) is 7.45. The molecule has 0 aromatic heterocycles. The van der Waals surface area contributed by atoms with Gasteiger partial charge in [0, 0.05) is 11.7 Å². The molecule has 18 heavy (non-hydrogen) atoms. The van der Waals surface area contributed by atoms with Crippen LogP contribution in [0, 0.1) is 6.92 Å². The van der Waals surface area contributed by atoms with Crippen molar-refractivity contribution < 1.29 is 0 Å². The lowest BCUT2D eigenvalue weighted by atomic mass is 9.97. The molecular weight excluding hydrogens is 218 g/mol. The summed E-state index contributed by atoms with van der Waals surface area (Å²) >= 11 is 0. The zero-order valence-electron chi connectivity index (χ0n) is 11.8. The Morgan fingerprint density at radius 3 is 2.00 bits per heavy atom. The monoisotopic (exact) mass is 245 g/mol. The van der Waals surface area contributed by atoms with Gasteiger partial charge in [0.25, 0.3) is 0 Å². The van der Waals surface area contributed by atoms with Crippen LogP contribution in [0.3, 0.4) is 0 Å². The number of rotatable bonds is 2. The van der Waals surface area contributed by atoms with Crippen LogP contribution in [-0.2, 0) is 0 Å². The van der Waals surface area contributed by atoms with Crippen molar-refractivity contribution in [2.45, 2.75) is 70.8 Å². The van der Waals surface area contributed by atoms with Crippen molar-refractivity contribution in [2.24, 2.45) is 0 Å². The van der Waals surface area contributed by atoms with Gasteiger partial charge < -0.3 is 5.32 Å². The first-order chi connectivity index (χ1) is 8.86. The van der Waals surface area contributed by atoms with Crippen molar-refractivity contribution in [3.63, 3.8) is 0 Å². The zero-order chi connectivity index (χ0) is 12.6. The van der Waals surface area contributed by atoms with E-state index in [1.165, 1.54) is 69.0 Å². The highest BCUT2D eigenvalue weighted by molar-refractivity contribution is 5.50. The van der Waals surface area contributed by atoms with Crippen LogP contribution in [-0.4, -0.2) is 6.04 Å². The summed E-state index contributed by atoms with van der Waals surface area (Å²) in [4.78, 5) is 0. The van der Waals surface area contributed by atoms with Crippen LogP contribution >= 0.6 is 0 Å². The predicted octanol–water partition coefficient (Wildman–Crippen LogP) is 5.30. The topological polar surface area (TPSA) is 12.0 Å². The molecule has 1 saturated carbocycles. The largest absolute Gasteiger partial charge is 0.382 e. The second-order valence-electron chi connectivity index (χ2n) is 5.71. The fourth-order valence-corrected chi connectivity index (χ4v) is 2.91. The van der Waals surface area contributed by atoms with Crippen molar-refractivity contribution in [2.75, 3.05) is 5.32 Å². The molecule has 0 heterocycles. The minimum absolute atomic E-state index is 0.684. The van der Waals surface area contributed by atoms with E-state index in [0.29, 0.717) is 6.04 Å². The van der Waals surface area contributed by atoms with Gasteiger partial charge in [-0.2, -0.15) is 0 Å². The van der Waals surface area contributed by atoms with Crippen LogP contribution < -0.4 is 5.32 Å². The Labute approximate surface area is 112 Å². The molecule has 0 radical (unpaired) electrons. The van der Waals surface area contributed by atoms with Gasteiger partial charge in [-0.15, -0.1) is 0 Å².